The maximum atomic E-state index is 14.0. The van der Waals surface area contributed by atoms with Crippen LogP contribution in [0, 0.1) is 0 Å². The van der Waals surface area contributed by atoms with Gasteiger partial charge in [0, 0.05) is 38.5 Å². The summed E-state index contributed by atoms with van der Waals surface area (Å²) >= 11 is 0. The van der Waals surface area contributed by atoms with Crippen LogP contribution in [0.3, 0.4) is 0 Å². The molecule has 236 valence electrons. The number of anilines is 1. The number of methoxy groups -OCH3 is 1. The van der Waals surface area contributed by atoms with Crippen molar-refractivity contribution < 1.29 is 32.2 Å². The van der Waals surface area contributed by atoms with Gasteiger partial charge in [0.1, 0.15) is 11.8 Å². The van der Waals surface area contributed by atoms with Gasteiger partial charge in [-0.25, -0.2) is 8.42 Å². The minimum atomic E-state index is -3.66. The Balaban J connectivity index is 1.58. The second-order valence-corrected chi connectivity index (χ2v) is 12.6. The molecule has 1 aliphatic heterocycles. The van der Waals surface area contributed by atoms with E-state index in [4.69, 9.17) is 14.2 Å². The number of ether oxygens (including phenoxy) is 3. The van der Waals surface area contributed by atoms with Crippen molar-refractivity contribution in [1.82, 2.24) is 10.2 Å². The van der Waals surface area contributed by atoms with Gasteiger partial charge in [-0.2, -0.15) is 0 Å². The predicted molar refractivity (Wildman–Crippen MR) is 169 cm³/mol. The molecule has 1 N–H and O–H groups in total. The van der Waals surface area contributed by atoms with E-state index in [1.54, 1.807) is 30.2 Å². The number of carbonyl (C=O) groups is 2. The highest BCUT2D eigenvalue weighted by atomic mass is 32.2. The van der Waals surface area contributed by atoms with Crippen LogP contribution in [0.5, 0.6) is 17.2 Å². The fourth-order valence-corrected chi connectivity index (χ4v) is 6.03. The van der Waals surface area contributed by atoms with E-state index in [2.05, 4.69) is 12.2 Å². The molecule has 0 aliphatic carbocycles. The molecule has 2 amide bonds. The number of hydrogen-bond acceptors (Lipinski definition) is 7. The number of unbranched alkanes of at least 4 members (excludes halogenated alkanes) is 1. The SMILES string of the molecule is CCCCNC(=O)[C@H](Cc1ccccc1)N(Cc1cccc(OC)c1)C(=O)CCCN(c1ccc2c(c1)OCO2)S(C)(=O)=O. The highest BCUT2D eigenvalue weighted by molar-refractivity contribution is 7.92. The number of rotatable bonds is 16. The van der Waals surface area contributed by atoms with E-state index in [0.717, 1.165) is 30.2 Å². The summed E-state index contributed by atoms with van der Waals surface area (Å²) in [6, 6.07) is 21.2. The Kier molecular flexibility index (Phi) is 11.5. The van der Waals surface area contributed by atoms with Gasteiger partial charge in [0.05, 0.1) is 19.1 Å². The molecule has 11 heteroatoms. The van der Waals surface area contributed by atoms with Crippen molar-refractivity contribution in [3.05, 3.63) is 83.9 Å². The van der Waals surface area contributed by atoms with Crippen LogP contribution in [0.15, 0.2) is 72.8 Å². The van der Waals surface area contributed by atoms with Gasteiger partial charge in [0.25, 0.3) is 0 Å². The van der Waals surface area contributed by atoms with Gasteiger partial charge in [-0.15, -0.1) is 0 Å². The smallest absolute Gasteiger partial charge is 0.243 e. The Hall–Kier alpha value is -4.25. The molecule has 44 heavy (non-hydrogen) atoms. The van der Waals surface area contributed by atoms with E-state index in [0.29, 0.717) is 35.9 Å². The van der Waals surface area contributed by atoms with Gasteiger partial charge >= 0.3 is 0 Å². The number of carbonyl (C=O) groups excluding carboxylic acids is 2. The summed E-state index contributed by atoms with van der Waals surface area (Å²) in [5, 5.41) is 3.02. The van der Waals surface area contributed by atoms with Crippen LogP contribution >= 0.6 is 0 Å². The quantitative estimate of drug-likeness (QED) is 0.233. The Morgan fingerprint density at radius 3 is 2.43 bits per heavy atom. The minimum Gasteiger partial charge on any atom is -0.497 e. The lowest BCUT2D eigenvalue weighted by Gasteiger charge is -2.32. The molecule has 1 atom stereocenters. The molecular formula is C33H41N3O7S. The third-order valence-electron chi connectivity index (χ3n) is 7.38. The molecular weight excluding hydrogens is 582 g/mol. The summed E-state index contributed by atoms with van der Waals surface area (Å²) in [5.41, 5.74) is 2.17. The maximum Gasteiger partial charge on any atom is 0.243 e. The van der Waals surface area contributed by atoms with Gasteiger partial charge in [-0.3, -0.25) is 13.9 Å². The number of nitrogens with one attached hydrogen (secondary N) is 1. The van der Waals surface area contributed by atoms with Crippen LogP contribution in [-0.2, 0) is 32.6 Å². The summed E-state index contributed by atoms with van der Waals surface area (Å²) in [6.45, 7) is 2.90. The molecule has 10 nitrogen and oxygen atoms in total. The van der Waals surface area contributed by atoms with Crippen molar-refractivity contribution in [3.63, 3.8) is 0 Å². The standard InChI is InChI=1S/C33H41N3O7S/c1-4-5-18-34-33(38)29(21-25-11-7-6-8-12-25)35(23-26-13-9-14-28(20-26)41-2)32(37)15-10-19-36(44(3,39)40)27-16-17-30-31(22-27)43-24-42-30/h6-9,11-14,16-17,20,22,29H,4-5,10,15,18-19,21,23-24H2,1-3H3,(H,34,38)/t29-/m0/s1. The number of benzene rings is 3. The maximum absolute atomic E-state index is 14.0. The van der Waals surface area contributed by atoms with Crippen molar-refractivity contribution in [2.45, 2.75) is 51.6 Å². The summed E-state index contributed by atoms with van der Waals surface area (Å²) in [6.07, 6.45) is 3.50. The number of sulfonamides is 1. The Morgan fingerprint density at radius 1 is 0.955 bits per heavy atom. The first kappa shape index (κ1) is 32.7. The molecule has 0 spiro atoms. The zero-order valence-corrected chi connectivity index (χ0v) is 26.3. The van der Waals surface area contributed by atoms with Crippen molar-refractivity contribution in [1.29, 1.82) is 0 Å². The molecule has 3 aromatic rings. The molecule has 4 rings (SSSR count). The van der Waals surface area contributed by atoms with Gasteiger partial charge in [0.15, 0.2) is 11.5 Å². The lowest BCUT2D eigenvalue weighted by atomic mass is 10.0. The number of hydrogen-bond donors (Lipinski definition) is 1. The molecule has 0 aromatic heterocycles. The Morgan fingerprint density at radius 2 is 1.70 bits per heavy atom. The largest absolute Gasteiger partial charge is 0.497 e. The van der Waals surface area contributed by atoms with E-state index < -0.39 is 16.1 Å². The van der Waals surface area contributed by atoms with Gasteiger partial charge in [0.2, 0.25) is 28.6 Å². The topological polar surface area (TPSA) is 114 Å². The third kappa shape index (κ3) is 8.89. The van der Waals surface area contributed by atoms with Crippen molar-refractivity contribution >= 4 is 27.5 Å². The Labute approximate surface area is 260 Å². The summed E-state index contributed by atoms with van der Waals surface area (Å²) < 4.78 is 43.0. The van der Waals surface area contributed by atoms with Crippen LogP contribution < -0.4 is 23.8 Å². The predicted octanol–water partition coefficient (Wildman–Crippen LogP) is 4.53. The minimum absolute atomic E-state index is 0.0358. The van der Waals surface area contributed by atoms with E-state index >= 15 is 0 Å². The van der Waals surface area contributed by atoms with Crippen molar-refractivity contribution in [3.8, 4) is 17.2 Å². The second kappa shape index (κ2) is 15.5. The second-order valence-electron chi connectivity index (χ2n) is 10.7. The average molecular weight is 624 g/mol. The molecule has 0 saturated carbocycles. The first-order valence-electron chi connectivity index (χ1n) is 14.8. The summed E-state index contributed by atoms with van der Waals surface area (Å²) in [5.74, 6) is 1.19. The third-order valence-corrected chi connectivity index (χ3v) is 8.58. The molecule has 0 saturated heterocycles. The summed E-state index contributed by atoms with van der Waals surface area (Å²) in [7, 11) is -2.08. The average Bonchev–Trinajstić information content (AvgIpc) is 3.49. The van der Waals surface area contributed by atoms with Crippen molar-refractivity contribution in [2.75, 3.05) is 37.6 Å². The first-order chi connectivity index (χ1) is 21.2. The Bertz CT molecular complexity index is 1510. The first-order valence-corrected chi connectivity index (χ1v) is 16.7. The highest BCUT2D eigenvalue weighted by Crippen LogP contribution is 2.36. The van der Waals surface area contributed by atoms with Crippen molar-refractivity contribution in [2.24, 2.45) is 0 Å². The molecule has 0 fully saturated rings. The lowest BCUT2D eigenvalue weighted by Crippen LogP contribution is -2.50. The zero-order chi connectivity index (χ0) is 31.5. The zero-order valence-electron chi connectivity index (χ0n) is 25.5. The highest BCUT2D eigenvalue weighted by Gasteiger charge is 2.31. The van der Waals surface area contributed by atoms with Gasteiger partial charge in [-0.1, -0.05) is 55.8 Å². The summed E-state index contributed by atoms with van der Waals surface area (Å²) in [4.78, 5) is 29.2. The molecule has 1 heterocycles. The monoisotopic (exact) mass is 623 g/mol. The van der Waals surface area contributed by atoms with E-state index in [1.165, 1.54) is 4.31 Å². The molecule has 0 bridgehead atoms. The van der Waals surface area contributed by atoms with E-state index in [9.17, 15) is 18.0 Å². The normalized spacial score (nSPS) is 12.8. The molecule has 0 unspecified atom stereocenters. The van der Waals surface area contributed by atoms with Gasteiger partial charge < -0.3 is 24.4 Å². The van der Waals surface area contributed by atoms with Gasteiger partial charge in [-0.05, 0) is 48.2 Å². The fraction of sp³-hybridized carbons (Fsp3) is 0.394. The van der Waals surface area contributed by atoms with Crippen LogP contribution in [0.4, 0.5) is 5.69 Å². The molecule has 1 aliphatic rings. The number of nitrogens with zero attached hydrogens (tertiary/aromatic N) is 2. The van der Waals surface area contributed by atoms with Crippen LogP contribution in [-0.4, -0.2) is 64.4 Å². The van der Waals surface area contributed by atoms with Crippen LogP contribution in [0.25, 0.3) is 0 Å². The number of fused-ring (bicyclic) bond motifs is 1. The van der Waals surface area contributed by atoms with E-state index in [1.807, 2.05) is 54.6 Å². The van der Waals surface area contributed by atoms with Crippen LogP contribution in [0.1, 0.15) is 43.7 Å². The lowest BCUT2D eigenvalue weighted by molar-refractivity contribution is -0.141. The fourth-order valence-electron chi connectivity index (χ4n) is 5.07. The molecule has 3 aromatic carbocycles. The molecule has 0 radical (unpaired) electrons. The number of amides is 2. The van der Waals surface area contributed by atoms with E-state index in [-0.39, 0.29) is 44.5 Å². The van der Waals surface area contributed by atoms with Crippen LogP contribution in [0.2, 0.25) is 0 Å².